The summed E-state index contributed by atoms with van der Waals surface area (Å²) in [4.78, 5) is 30.1. The Hall–Kier alpha value is -3.14. The van der Waals surface area contributed by atoms with E-state index in [4.69, 9.17) is 4.74 Å². The predicted octanol–water partition coefficient (Wildman–Crippen LogP) is 1.43. The molecule has 0 unspecified atom stereocenters. The molecule has 1 N–H and O–H groups in total. The van der Waals surface area contributed by atoms with Crippen LogP contribution in [0.1, 0.15) is 44.7 Å². The van der Waals surface area contributed by atoms with E-state index in [0.29, 0.717) is 24.8 Å². The minimum absolute atomic E-state index is 0.247. The van der Waals surface area contributed by atoms with Crippen molar-refractivity contribution in [2.45, 2.75) is 51.6 Å². The van der Waals surface area contributed by atoms with Gasteiger partial charge in [0.15, 0.2) is 0 Å². The van der Waals surface area contributed by atoms with Crippen LogP contribution in [0.2, 0.25) is 0 Å². The van der Waals surface area contributed by atoms with Crippen LogP contribution in [0, 0.1) is 5.41 Å². The first-order chi connectivity index (χ1) is 15.5. The van der Waals surface area contributed by atoms with E-state index in [1.807, 2.05) is 19.2 Å². The third-order valence-corrected chi connectivity index (χ3v) is 6.71. The van der Waals surface area contributed by atoms with E-state index >= 15 is 0 Å². The van der Waals surface area contributed by atoms with Crippen LogP contribution < -0.4 is 5.32 Å². The third-order valence-electron chi connectivity index (χ3n) is 6.71. The van der Waals surface area contributed by atoms with Crippen LogP contribution in [0.4, 0.5) is 0 Å². The van der Waals surface area contributed by atoms with Crippen LogP contribution >= 0.6 is 0 Å². The number of rotatable bonds is 9. The van der Waals surface area contributed by atoms with Gasteiger partial charge in [-0.05, 0) is 61.6 Å². The highest BCUT2D eigenvalue weighted by molar-refractivity contribution is 5.90. The second-order valence-corrected chi connectivity index (χ2v) is 8.72. The lowest BCUT2D eigenvalue weighted by Gasteiger charge is -2.37. The molecule has 1 fully saturated rings. The van der Waals surface area contributed by atoms with E-state index in [1.54, 1.807) is 17.8 Å². The van der Waals surface area contributed by atoms with Crippen molar-refractivity contribution in [2.24, 2.45) is 5.41 Å². The van der Waals surface area contributed by atoms with Crippen molar-refractivity contribution in [3.63, 3.8) is 0 Å². The average molecular weight is 440 g/mol. The lowest BCUT2D eigenvalue weighted by atomic mass is 9.71. The molecule has 10 nitrogen and oxygen atoms in total. The highest BCUT2D eigenvalue weighted by Crippen LogP contribution is 2.38. The number of aldehydes is 1. The van der Waals surface area contributed by atoms with Gasteiger partial charge in [-0.3, -0.25) is 4.98 Å². The number of nitrogens with one attached hydrogen (secondary N) is 1. The summed E-state index contributed by atoms with van der Waals surface area (Å²) in [7, 11) is 1.96. The Balaban J connectivity index is 1.24. The quantitative estimate of drug-likeness (QED) is 0.457. The van der Waals surface area contributed by atoms with Gasteiger partial charge in [0.2, 0.25) is 0 Å². The Bertz CT molecular complexity index is 964. The second-order valence-electron chi connectivity index (χ2n) is 8.72. The predicted molar refractivity (Wildman–Crippen MR) is 115 cm³/mol. The fraction of sp³-hybridized carbons (Fsp3) is 0.545. The molecule has 0 spiro atoms. The molecule has 0 bridgehead atoms. The standard InChI is InChI=1S/C22H29N7O3/c1-16-20(13-32-21(16)31)28(2)10-9-22(14-30)7-5-17(6-8-22)23-11-18-3-4-19(12-24-18)29-15-25-26-27-29/h3-4,12,14-15,17,23H,5-11,13H2,1-2H3. The van der Waals surface area contributed by atoms with E-state index < -0.39 is 0 Å². The molecule has 0 aromatic carbocycles. The molecular weight excluding hydrogens is 410 g/mol. The number of hydrogen-bond donors (Lipinski definition) is 1. The Labute approximate surface area is 187 Å². The molecule has 0 atom stereocenters. The molecule has 1 aliphatic carbocycles. The van der Waals surface area contributed by atoms with E-state index in [0.717, 1.165) is 62.0 Å². The summed E-state index contributed by atoms with van der Waals surface area (Å²) in [5, 5.41) is 14.7. The fourth-order valence-electron chi connectivity index (χ4n) is 4.40. The van der Waals surface area contributed by atoms with E-state index in [2.05, 4.69) is 30.7 Å². The number of likely N-dealkylation sites (N-methyl/N-ethyl adjacent to an activating group) is 1. The lowest BCUT2D eigenvalue weighted by molar-refractivity contribution is -0.136. The maximum Gasteiger partial charge on any atom is 0.335 e. The largest absolute Gasteiger partial charge is 0.456 e. The van der Waals surface area contributed by atoms with E-state index in [-0.39, 0.29) is 11.4 Å². The lowest BCUT2D eigenvalue weighted by Crippen LogP contribution is -2.39. The van der Waals surface area contributed by atoms with Crippen LogP contribution in [-0.2, 0) is 20.9 Å². The highest BCUT2D eigenvalue weighted by Gasteiger charge is 2.35. The van der Waals surface area contributed by atoms with E-state index in [1.165, 1.54) is 6.33 Å². The zero-order chi connectivity index (χ0) is 22.6. The minimum atomic E-state index is -0.296. The molecular formula is C22H29N7O3. The number of carbonyl (C=O) groups excluding carboxylic acids is 2. The maximum absolute atomic E-state index is 12.0. The number of carbonyl (C=O) groups is 2. The molecule has 4 rings (SSSR count). The average Bonchev–Trinajstić information content (AvgIpc) is 3.48. The summed E-state index contributed by atoms with van der Waals surface area (Å²) in [5.41, 5.74) is 3.06. The van der Waals surface area contributed by atoms with Gasteiger partial charge in [0.05, 0.1) is 28.8 Å². The van der Waals surface area contributed by atoms with Crippen LogP contribution in [0.5, 0.6) is 0 Å². The first kappa shape index (κ1) is 22.1. The van der Waals surface area contributed by atoms with Crippen LogP contribution in [0.25, 0.3) is 5.69 Å². The van der Waals surface area contributed by atoms with Gasteiger partial charge in [0.1, 0.15) is 19.2 Å². The summed E-state index contributed by atoms with van der Waals surface area (Å²) in [6.45, 7) is 3.53. The summed E-state index contributed by atoms with van der Waals surface area (Å²) in [6, 6.07) is 4.27. The number of tetrazole rings is 1. The summed E-state index contributed by atoms with van der Waals surface area (Å²) in [5.74, 6) is -0.247. The molecule has 2 aliphatic rings. The zero-order valence-corrected chi connectivity index (χ0v) is 18.5. The third kappa shape index (κ3) is 4.85. The molecule has 2 aromatic rings. The van der Waals surface area contributed by atoms with Crippen molar-refractivity contribution < 1.29 is 14.3 Å². The summed E-state index contributed by atoms with van der Waals surface area (Å²) >= 11 is 0. The van der Waals surface area contributed by atoms with Crippen LogP contribution in [0.3, 0.4) is 0 Å². The highest BCUT2D eigenvalue weighted by atomic mass is 16.5. The Morgan fingerprint density at radius 3 is 2.75 bits per heavy atom. The minimum Gasteiger partial charge on any atom is -0.456 e. The number of pyridine rings is 1. The molecule has 1 aliphatic heterocycles. The number of aromatic nitrogens is 5. The molecule has 32 heavy (non-hydrogen) atoms. The summed E-state index contributed by atoms with van der Waals surface area (Å²) in [6.07, 6.45) is 8.85. The van der Waals surface area contributed by atoms with Gasteiger partial charge in [0, 0.05) is 31.6 Å². The van der Waals surface area contributed by atoms with Crippen molar-refractivity contribution >= 4 is 12.3 Å². The maximum atomic E-state index is 12.0. The monoisotopic (exact) mass is 439 g/mol. The number of hydrogen-bond acceptors (Lipinski definition) is 9. The van der Waals surface area contributed by atoms with Gasteiger partial charge >= 0.3 is 5.97 Å². The number of cyclic esters (lactones) is 1. The van der Waals surface area contributed by atoms with Gasteiger partial charge in [0.25, 0.3) is 0 Å². The molecule has 0 amide bonds. The van der Waals surface area contributed by atoms with Gasteiger partial charge in [-0.15, -0.1) is 5.10 Å². The van der Waals surface area contributed by atoms with Crippen LogP contribution in [0.15, 0.2) is 35.9 Å². The van der Waals surface area contributed by atoms with Crippen molar-refractivity contribution in [3.05, 3.63) is 41.6 Å². The first-order valence-corrected chi connectivity index (χ1v) is 11.0. The SMILES string of the molecule is CC1=C(N(C)CCC2(C=O)CCC(NCc3ccc(-n4cnnn4)cn3)CC2)COC1=O. The van der Waals surface area contributed by atoms with Crippen molar-refractivity contribution in [3.8, 4) is 5.69 Å². The normalized spacial score (nSPS) is 23.3. The molecule has 10 heteroatoms. The Morgan fingerprint density at radius 1 is 1.34 bits per heavy atom. The van der Waals surface area contributed by atoms with Gasteiger partial charge in [-0.1, -0.05) is 0 Å². The van der Waals surface area contributed by atoms with Crippen molar-refractivity contribution in [1.82, 2.24) is 35.4 Å². The molecule has 3 heterocycles. The second kappa shape index (κ2) is 9.56. The van der Waals surface area contributed by atoms with Gasteiger partial charge in [-0.2, -0.15) is 4.68 Å². The van der Waals surface area contributed by atoms with Crippen LogP contribution in [-0.4, -0.2) is 68.6 Å². The van der Waals surface area contributed by atoms with Gasteiger partial charge in [-0.25, -0.2) is 4.79 Å². The van der Waals surface area contributed by atoms with Gasteiger partial charge < -0.3 is 19.7 Å². The smallest absolute Gasteiger partial charge is 0.335 e. The molecule has 170 valence electrons. The van der Waals surface area contributed by atoms with Crippen molar-refractivity contribution in [2.75, 3.05) is 20.2 Å². The number of nitrogens with zero attached hydrogens (tertiary/aromatic N) is 6. The van der Waals surface area contributed by atoms with E-state index in [9.17, 15) is 9.59 Å². The van der Waals surface area contributed by atoms with Crippen molar-refractivity contribution in [1.29, 1.82) is 0 Å². The topological polar surface area (TPSA) is 115 Å². The fourth-order valence-corrected chi connectivity index (χ4v) is 4.40. The number of ether oxygens (including phenoxy) is 1. The summed E-state index contributed by atoms with van der Waals surface area (Å²) < 4.78 is 6.66. The molecule has 0 radical (unpaired) electrons. The Morgan fingerprint density at radius 2 is 2.16 bits per heavy atom. The first-order valence-electron chi connectivity index (χ1n) is 11.0. The molecule has 0 saturated heterocycles. The Kier molecular flexibility index (Phi) is 6.59. The molecule has 2 aromatic heterocycles. The molecule has 1 saturated carbocycles. The zero-order valence-electron chi connectivity index (χ0n) is 18.5. The number of esters is 1.